The minimum atomic E-state index is 0.242. The van der Waals surface area contributed by atoms with Crippen molar-refractivity contribution in [3.8, 4) is 0 Å². The fourth-order valence-electron chi connectivity index (χ4n) is 1.75. The van der Waals surface area contributed by atoms with Crippen LogP contribution in [-0.2, 0) is 4.74 Å². The van der Waals surface area contributed by atoms with Gasteiger partial charge < -0.3 is 15.8 Å². The van der Waals surface area contributed by atoms with Gasteiger partial charge in [0, 0.05) is 12.7 Å². The van der Waals surface area contributed by atoms with E-state index in [1.807, 2.05) is 0 Å². The van der Waals surface area contributed by atoms with Crippen molar-refractivity contribution < 1.29 is 4.74 Å². The highest BCUT2D eigenvalue weighted by Crippen LogP contribution is 2.26. The van der Waals surface area contributed by atoms with Gasteiger partial charge in [0.15, 0.2) is 0 Å². The molecular weight excluding hydrogens is 216 g/mol. The first-order valence-corrected chi connectivity index (χ1v) is 5.95. The lowest BCUT2D eigenvalue weighted by Crippen LogP contribution is -2.25. The van der Waals surface area contributed by atoms with E-state index in [1.54, 1.807) is 7.11 Å². The Balaban J connectivity index is 2.93. The summed E-state index contributed by atoms with van der Waals surface area (Å²) in [5, 5.41) is 3.36. The smallest absolute Gasteiger partial charge is 0.135 e. The summed E-state index contributed by atoms with van der Waals surface area (Å²) in [6.07, 6.45) is 2.46. The third kappa shape index (κ3) is 3.56. The van der Waals surface area contributed by atoms with Crippen LogP contribution >= 0.6 is 0 Å². The lowest BCUT2D eigenvalue weighted by atomic mass is 10.0. The first-order chi connectivity index (χ1) is 8.10. The first kappa shape index (κ1) is 13.7. The van der Waals surface area contributed by atoms with E-state index in [-0.39, 0.29) is 6.04 Å². The topological polar surface area (TPSA) is 73.1 Å². The van der Waals surface area contributed by atoms with Crippen molar-refractivity contribution in [1.82, 2.24) is 9.97 Å². The largest absolute Gasteiger partial charge is 0.383 e. The zero-order chi connectivity index (χ0) is 12.8. The van der Waals surface area contributed by atoms with Gasteiger partial charge in [0.2, 0.25) is 0 Å². The van der Waals surface area contributed by atoms with Gasteiger partial charge in [-0.3, -0.25) is 0 Å². The molecule has 3 N–H and O–H groups in total. The van der Waals surface area contributed by atoms with Gasteiger partial charge in [-0.1, -0.05) is 20.8 Å². The SMILES string of the molecule is CCC(COC)Nc1ncnc(N)c1C(C)C. The molecule has 0 aliphatic rings. The second kappa shape index (κ2) is 6.39. The molecule has 1 atom stereocenters. The fraction of sp³-hybridized carbons (Fsp3) is 0.667. The number of hydrogen-bond donors (Lipinski definition) is 2. The molecule has 1 unspecified atom stereocenters. The minimum absolute atomic E-state index is 0.242. The number of nitrogen functional groups attached to an aromatic ring is 1. The molecule has 96 valence electrons. The van der Waals surface area contributed by atoms with E-state index in [0.29, 0.717) is 18.3 Å². The van der Waals surface area contributed by atoms with Crippen LogP contribution in [0.4, 0.5) is 11.6 Å². The molecule has 1 aromatic rings. The van der Waals surface area contributed by atoms with Crippen LogP contribution in [0.15, 0.2) is 6.33 Å². The van der Waals surface area contributed by atoms with Crippen molar-refractivity contribution in [3.05, 3.63) is 11.9 Å². The Labute approximate surface area is 103 Å². The highest BCUT2D eigenvalue weighted by atomic mass is 16.5. The molecule has 0 saturated heterocycles. The Bertz CT molecular complexity index is 354. The van der Waals surface area contributed by atoms with E-state index >= 15 is 0 Å². The average molecular weight is 238 g/mol. The third-order valence-corrected chi connectivity index (χ3v) is 2.69. The Morgan fingerprint density at radius 3 is 2.65 bits per heavy atom. The molecule has 1 rings (SSSR count). The molecule has 0 spiro atoms. The van der Waals surface area contributed by atoms with Crippen LogP contribution in [0.2, 0.25) is 0 Å². The summed E-state index contributed by atoms with van der Waals surface area (Å²) in [5.41, 5.74) is 6.87. The van der Waals surface area contributed by atoms with E-state index in [1.165, 1.54) is 6.33 Å². The molecule has 5 heteroatoms. The van der Waals surface area contributed by atoms with E-state index in [4.69, 9.17) is 10.5 Å². The monoisotopic (exact) mass is 238 g/mol. The number of nitrogens with one attached hydrogen (secondary N) is 1. The Hall–Kier alpha value is -1.36. The molecule has 0 aliphatic carbocycles. The molecule has 0 fully saturated rings. The standard InChI is InChI=1S/C12H22N4O/c1-5-9(6-17-4)16-12-10(8(2)3)11(13)14-7-15-12/h7-9H,5-6H2,1-4H3,(H3,13,14,15,16). The number of anilines is 2. The number of nitrogens with two attached hydrogens (primary N) is 1. The predicted octanol–water partition coefficient (Wildman–Crippen LogP) is 2.02. The molecule has 0 aliphatic heterocycles. The molecule has 0 saturated carbocycles. The average Bonchev–Trinajstić information content (AvgIpc) is 2.28. The van der Waals surface area contributed by atoms with Gasteiger partial charge in [-0.2, -0.15) is 0 Å². The summed E-state index contributed by atoms with van der Waals surface area (Å²) >= 11 is 0. The summed E-state index contributed by atoms with van der Waals surface area (Å²) in [4.78, 5) is 8.31. The Kier molecular flexibility index (Phi) is 5.15. The lowest BCUT2D eigenvalue weighted by molar-refractivity contribution is 0.184. The predicted molar refractivity (Wildman–Crippen MR) is 70.1 cm³/mol. The van der Waals surface area contributed by atoms with Crippen LogP contribution in [0.1, 0.15) is 38.7 Å². The molecule has 0 bridgehead atoms. The first-order valence-electron chi connectivity index (χ1n) is 5.95. The Morgan fingerprint density at radius 2 is 2.12 bits per heavy atom. The van der Waals surface area contributed by atoms with Gasteiger partial charge in [-0.05, 0) is 12.3 Å². The van der Waals surface area contributed by atoms with Crippen molar-refractivity contribution in [3.63, 3.8) is 0 Å². The lowest BCUT2D eigenvalue weighted by Gasteiger charge is -2.20. The number of nitrogens with zero attached hydrogens (tertiary/aromatic N) is 2. The van der Waals surface area contributed by atoms with Gasteiger partial charge in [-0.25, -0.2) is 9.97 Å². The van der Waals surface area contributed by atoms with Crippen LogP contribution < -0.4 is 11.1 Å². The fourth-order valence-corrected chi connectivity index (χ4v) is 1.75. The molecule has 17 heavy (non-hydrogen) atoms. The van der Waals surface area contributed by atoms with E-state index in [9.17, 15) is 0 Å². The van der Waals surface area contributed by atoms with Crippen LogP contribution in [0, 0.1) is 0 Å². The molecule has 0 radical (unpaired) electrons. The zero-order valence-electron chi connectivity index (χ0n) is 11.0. The summed E-state index contributed by atoms with van der Waals surface area (Å²) in [7, 11) is 1.70. The second-order valence-electron chi connectivity index (χ2n) is 4.38. The highest BCUT2D eigenvalue weighted by Gasteiger charge is 2.15. The van der Waals surface area contributed by atoms with Gasteiger partial charge in [0.25, 0.3) is 0 Å². The number of rotatable bonds is 6. The van der Waals surface area contributed by atoms with Crippen molar-refractivity contribution >= 4 is 11.6 Å². The summed E-state index contributed by atoms with van der Waals surface area (Å²) in [6, 6.07) is 0.242. The van der Waals surface area contributed by atoms with Crippen molar-refractivity contribution in [2.45, 2.75) is 39.2 Å². The van der Waals surface area contributed by atoms with Crippen LogP contribution in [0.3, 0.4) is 0 Å². The van der Waals surface area contributed by atoms with Crippen LogP contribution in [-0.4, -0.2) is 29.7 Å². The quantitative estimate of drug-likeness (QED) is 0.793. The number of methoxy groups -OCH3 is 1. The molecule has 1 aromatic heterocycles. The maximum absolute atomic E-state index is 5.89. The van der Waals surface area contributed by atoms with Gasteiger partial charge in [0.1, 0.15) is 18.0 Å². The summed E-state index contributed by atoms with van der Waals surface area (Å²) in [5.74, 6) is 1.65. The van der Waals surface area contributed by atoms with E-state index in [2.05, 4.69) is 36.1 Å². The summed E-state index contributed by atoms with van der Waals surface area (Å²) < 4.78 is 5.16. The van der Waals surface area contributed by atoms with Gasteiger partial charge in [-0.15, -0.1) is 0 Å². The van der Waals surface area contributed by atoms with Crippen molar-refractivity contribution in [2.24, 2.45) is 0 Å². The molecule has 5 nitrogen and oxygen atoms in total. The molecule has 0 aromatic carbocycles. The zero-order valence-corrected chi connectivity index (χ0v) is 11.0. The van der Waals surface area contributed by atoms with Crippen molar-refractivity contribution in [1.29, 1.82) is 0 Å². The Morgan fingerprint density at radius 1 is 1.41 bits per heavy atom. The minimum Gasteiger partial charge on any atom is -0.383 e. The molecule has 1 heterocycles. The third-order valence-electron chi connectivity index (χ3n) is 2.69. The maximum atomic E-state index is 5.89. The maximum Gasteiger partial charge on any atom is 0.135 e. The number of hydrogen-bond acceptors (Lipinski definition) is 5. The van der Waals surface area contributed by atoms with E-state index in [0.717, 1.165) is 17.8 Å². The molecular formula is C12H22N4O. The van der Waals surface area contributed by atoms with Gasteiger partial charge in [0.05, 0.1) is 12.6 Å². The van der Waals surface area contributed by atoms with Crippen molar-refractivity contribution in [2.75, 3.05) is 24.8 Å². The molecule has 0 amide bonds. The highest BCUT2D eigenvalue weighted by molar-refractivity contribution is 5.57. The normalized spacial score (nSPS) is 12.8. The van der Waals surface area contributed by atoms with Gasteiger partial charge >= 0.3 is 0 Å². The van der Waals surface area contributed by atoms with E-state index < -0.39 is 0 Å². The van der Waals surface area contributed by atoms with Crippen LogP contribution in [0.25, 0.3) is 0 Å². The summed E-state index contributed by atoms with van der Waals surface area (Å²) in [6.45, 7) is 6.92. The van der Waals surface area contributed by atoms with Crippen LogP contribution in [0.5, 0.6) is 0 Å². The second-order valence-corrected chi connectivity index (χ2v) is 4.38. The number of aromatic nitrogens is 2. The number of ether oxygens (including phenoxy) is 1.